The fraction of sp³-hybridized carbons (Fsp3) is 0.364. The molecule has 0 fully saturated rings. The van der Waals surface area contributed by atoms with Crippen LogP contribution in [0.25, 0.3) is 0 Å². The molecule has 10 nitrogen and oxygen atoms in total. The number of amides is 1. The molecule has 1 atom stereocenters. The molecule has 1 unspecified atom stereocenters. The van der Waals surface area contributed by atoms with Gasteiger partial charge < -0.3 is 19.5 Å². The van der Waals surface area contributed by atoms with E-state index in [-0.39, 0.29) is 44.8 Å². The maximum atomic E-state index is 12.7. The van der Waals surface area contributed by atoms with Crippen LogP contribution in [0.3, 0.4) is 0 Å². The van der Waals surface area contributed by atoms with E-state index in [2.05, 4.69) is 26.0 Å². The van der Waals surface area contributed by atoms with Gasteiger partial charge in [-0.05, 0) is 56.0 Å². The zero-order valence-electron chi connectivity index (χ0n) is 26.9. The summed E-state index contributed by atoms with van der Waals surface area (Å²) in [5, 5.41) is 13.9. The highest BCUT2D eigenvalue weighted by Crippen LogP contribution is 2.37. The van der Waals surface area contributed by atoms with Crippen LogP contribution < -0.4 is 10.1 Å². The minimum Gasteiger partial charge on any atom is -0.463 e. The van der Waals surface area contributed by atoms with Gasteiger partial charge in [0.25, 0.3) is 5.69 Å². The van der Waals surface area contributed by atoms with Crippen LogP contribution in [0.5, 0.6) is 11.5 Å². The van der Waals surface area contributed by atoms with Crippen molar-refractivity contribution in [3.8, 4) is 11.5 Å². The maximum Gasteiger partial charge on any atom is 0.416 e. The van der Waals surface area contributed by atoms with Gasteiger partial charge in [0.2, 0.25) is 5.91 Å². The van der Waals surface area contributed by atoms with E-state index in [4.69, 9.17) is 21.1 Å². The number of rotatable bonds is 10. The minimum absolute atomic E-state index is 0.0244. The molecule has 1 amide bonds. The van der Waals surface area contributed by atoms with Gasteiger partial charge in [-0.25, -0.2) is 9.59 Å². The summed E-state index contributed by atoms with van der Waals surface area (Å²) in [5.74, 6) is -2.33. The molecular weight excluding hydrogens is 725 g/mol. The lowest BCUT2D eigenvalue weighted by molar-refractivity contribution is -0.385. The molecule has 260 valence electrons. The molecule has 0 aromatic heterocycles. The lowest BCUT2D eigenvalue weighted by atomic mass is 9.89. The molecule has 15 heteroatoms. The third-order valence-corrected chi connectivity index (χ3v) is 8.50. The Morgan fingerprint density at radius 2 is 1.56 bits per heavy atom. The van der Waals surface area contributed by atoms with Crippen LogP contribution in [-0.4, -0.2) is 40.8 Å². The van der Waals surface area contributed by atoms with Gasteiger partial charge in [-0.15, -0.1) is 0 Å². The molecule has 0 aliphatic rings. The molecule has 0 heterocycles. The third-order valence-electron chi connectivity index (χ3n) is 6.42. The second-order valence-electron chi connectivity index (χ2n) is 11.8. The van der Waals surface area contributed by atoms with Crippen LogP contribution in [-0.2, 0) is 30.8 Å². The molecule has 0 spiro atoms. The number of carbonyl (C=O) groups excluding carboxylic acids is 3. The average Bonchev–Trinajstić information content (AvgIpc) is 3.00. The van der Waals surface area contributed by atoms with Crippen LogP contribution in [0.15, 0.2) is 66.7 Å². The Labute approximate surface area is 289 Å². The number of benzene rings is 3. The van der Waals surface area contributed by atoms with E-state index in [0.29, 0.717) is 6.07 Å². The molecule has 1 N–H and O–H groups in total. The van der Waals surface area contributed by atoms with Crippen LogP contribution >= 0.6 is 27.5 Å². The number of halogens is 5. The van der Waals surface area contributed by atoms with Crippen molar-refractivity contribution in [3.05, 3.63) is 98.6 Å². The number of esters is 2. The highest BCUT2D eigenvalue weighted by atomic mass is 79.9. The summed E-state index contributed by atoms with van der Waals surface area (Å²) in [6, 6.07) is 15.4. The standard InChI is InChI=1S/C18H13ClF3NO7.C15H22BrNO/c1-2-28-16(24)9-29-17(25)12-8-11(4-5-14(12)23(26)27)30-15-6-3-10(7-13(15)19)18(20,21)22;1-14(2,3)12(16)13(18)17-15(4,5)11-9-7-6-8-10-11/h3-8H,2,9H2,1H3;6-10,12H,1-5H3,(H,17,18). The number of nitrogens with one attached hydrogen (secondary N) is 1. The molecule has 3 aromatic carbocycles. The number of nitrogens with zero attached hydrogens (tertiary/aromatic N) is 1. The van der Waals surface area contributed by atoms with E-state index in [9.17, 15) is 37.7 Å². The van der Waals surface area contributed by atoms with Crippen molar-refractivity contribution in [2.24, 2.45) is 5.41 Å². The van der Waals surface area contributed by atoms with Gasteiger partial charge >= 0.3 is 18.1 Å². The van der Waals surface area contributed by atoms with Crippen molar-refractivity contribution in [2.45, 2.75) is 58.1 Å². The van der Waals surface area contributed by atoms with E-state index in [1.807, 2.05) is 65.0 Å². The molecule has 0 radical (unpaired) electrons. The lowest BCUT2D eigenvalue weighted by Crippen LogP contribution is -2.47. The molecule has 0 bridgehead atoms. The fourth-order valence-electron chi connectivity index (χ4n) is 3.88. The van der Waals surface area contributed by atoms with Gasteiger partial charge in [0.05, 0.1) is 32.5 Å². The summed E-state index contributed by atoms with van der Waals surface area (Å²) in [6.07, 6.45) is -4.61. The van der Waals surface area contributed by atoms with Crippen molar-refractivity contribution in [1.29, 1.82) is 0 Å². The van der Waals surface area contributed by atoms with E-state index in [1.54, 1.807) is 0 Å². The highest BCUT2D eigenvalue weighted by molar-refractivity contribution is 9.10. The van der Waals surface area contributed by atoms with Gasteiger partial charge in [0.1, 0.15) is 17.1 Å². The van der Waals surface area contributed by atoms with Crippen molar-refractivity contribution < 1.29 is 46.7 Å². The Kier molecular flexibility index (Phi) is 14.0. The van der Waals surface area contributed by atoms with E-state index < -0.39 is 46.5 Å². The van der Waals surface area contributed by atoms with E-state index in [1.165, 1.54) is 6.92 Å². The Morgan fingerprint density at radius 3 is 2.08 bits per heavy atom. The molecule has 0 aliphatic heterocycles. The number of nitro benzene ring substituents is 1. The maximum absolute atomic E-state index is 12.7. The van der Waals surface area contributed by atoms with Gasteiger partial charge in [-0.1, -0.05) is 78.6 Å². The molecular formula is C33H35BrClF3N2O8. The highest BCUT2D eigenvalue weighted by Gasteiger charge is 2.33. The Bertz CT molecular complexity index is 1610. The number of carbonyl (C=O) groups is 3. The van der Waals surface area contributed by atoms with Crippen LogP contribution in [0, 0.1) is 15.5 Å². The van der Waals surface area contributed by atoms with Gasteiger partial charge in [-0.2, -0.15) is 13.2 Å². The summed E-state index contributed by atoms with van der Waals surface area (Å²) in [5.41, 5.74) is -1.52. The zero-order chi connectivity index (χ0) is 36.4. The SMILES string of the molecule is CC(C)(NC(=O)C(Br)C(C)(C)C)c1ccccc1.CCOC(=O)COC(=O)c1cc(Oc2ccc(C(F)(F)F)cc2Cl)ccc1[N+](=O)[O-]. The second kappa shape index (κ2) is 16.8. The van der Waals surface area contributed by atoms with Crippen molar-refractivity contribution >= 4 is 51.1 Å². The molecule has 3 aromatic rings. The second-order valence-corrected chi connectivity index (χ2v) is 13.1. The first kappa shape index (κ1) is 40.0. The summed E-state index contributed by atoms with van der Waals surface area (Å²) in [6.45, 7) is 11.0. The average molecular weight is 760 g/mol. The van der Waals surface area contributed by atoms with Gasteiger partial charge in [0, 0.05) is 12.1 Å². The Hall–Kier alpha value is -4.17. The van der Waals surface area contributed by atoms with Gasteiger partial charge in [-0.3, -0.25) is 14.9 Å². The number of alkyl halides is 4. The first-order chi connectivity index (χ1) is 22.2. The molecule has 3 rings (SSSR count). The first-order valence-electron chi connectivity index (χ1n) is 14.3. The normalized spacial score (nSPS) is 12.1. The van der Waals surface area contributed by atoms with E-state index in [0.717, 1.165) is 35.9 Å². The topological polar surface area (TPSA) is 134 Å². The molecule has 0 saturated heterocycles. The minimum atomic E-state index is -4.61. The predicted molar refractivity (Wildman–Crippen MR) is 176 cm³/mol. The molecule has 48 heavy (non-hydrogen) atoms. The van der Waals surface area contributed by atoms with Crippen molar-refractivity contribution in [1.82, 2.24) is 5.32 Å². The van der Waals surface area contributed by atoms with Crippen LogP contribution in [0.2, 0.25) is 5.02 Å². The van der Waals surface area contributed by atoms with Crippen molar-refractivity contribution in [2.75, 3.05) is 13.2 Å². The smallest absolute Gasteiger partial charge is 0.416 e. The zero-order valence-corrected chi connectivity index (χ0v) is 29.3. The number of hydrogen-bond donors (Lipinski definition) is 1. The quantitative estimate of drug-likeness (QED) is 0.0940. The van der Waals surface area contributed by atoms with Gasteiger partial charge in [0.15, 0.2) is 6.61 Å². The third kappa shape index (κ3) is 11.8. The lowest BCUT2D eigenvalue weighted by Gasteiger charge is -2.31. The predicted octanol–water partition coefficient (Wildman–Crippen LogP) is 8.63. The first-order valence-corrected chi connectivity index (χ1v) is 15.6. The number of hydrogen-bond acceptors (Lipinski definition) is 8. The van der Waals surface area contributed by atoms with Crippen molar-refractivity contribution in [3.63, 3.8) is 0 Å². The summed E-state index contributed by atoms with van der Waals surface area (Å²) < 4.78 is 52.8. The number of nitro groups is 1. The number of ether oxygens (including phenoxy) is 3. The van der Waals surface area contributed by atoms with E-state index >= 15 is 0 Å². The largest absolute Gasteiger partial charge is 0.463 e. The Balaban J connectivity index is 0.000000379. The fourth-order valence-corrected chi connectivity index (χ4v) is 4.22. The summed E-state index contributed by atoms with van der Waals surface area (Å²) in [4.78, 5) is 45.8. The Morgan fingerprint density at radius 1 is 0.938 bits per heavy atom. The molecule has 0 aliphatic carbocycles. The summed E-state index contributed by atoms with van der Waals surface area (Å²) >= 11 is 9.28. The van der Waals surface area contributed by atoms with Crippen LogP contribution in [0.1, 0.15) is 63.0 Å². The summed E-state index contributed by atoms with van der Waals surface area (Å²) in [7, 11) is 0. The monoisotopic (exact) mass is 758 g/mol. The van der Waals surface area contributed by atoms with Crippen LogP contribution in [0.4, 0.5) is 18.9 Å². The molecule has 0 saturated carbocycles.